The molecule has 0 radical (unpaired) electrons. The molecule has 0 fully saturated rings. The van der Waals surface area contributed by atoms with Gasteiger partial charge in [-0.05, 0) is 66.2 Å². The van der Waals surface area contributed by atoms with Gasteiger partial charge >= 0.3 is 0 Å². The monoisotopic (exact) mass is 645 g/mol. The molecule has 0 heterocycles. The Balaban J connectivity index is 1.44. The highest BCUT2D eigenvalue weighted by atomic mass is 79.9. The van der Waals surface area contributed by atoms with Crippen molar-refractivity contribution in [2.24, 2.45) is 0 Å². The topological polar surface area (TPSA) is 106 Å². The van der Waals surface area contributed by atoms with Crippen LogP contribution in [-0.4, -0.2) is 37.7 Å². The van der Waals surface area contributed by atoms with E-state index >= 15 is 0 Å². The summed E-state index contributed by atoms with van der Waals surface area (Å²) in [5, 5.41) is 8.43. The molecule has 214 valence electrons. The fourth-order valence-corrected chi connectivity index (χ4v) is 4.98. The second kappa shape index (κ2) is 14.9. The van der Waals surface area contributed by atoms with E-state index in [2.05, 4.69) is 31.9 Å². The van der Waals surface area contributed by atoms with Gasteiger partial charge in [0.25, 0.3) is 11.8 Å². The van der Waals surface area contributed by atoms with Crippen molar-refractivity contribution in [2.75, 3.05) is 30.6 Å². The Morgan fingerprint density at radius 1 is 0.833 bits per heavy atom. The number of anilines is 2. The minimum atomic E-state index is -0.495. The number of amides is 3. The number of hydrogen-bond acceptors (Lipinski definition) is 6. The van der Waals surface area contributed by atoms with Gasteiger partial charge in [-0.2, -0.15) is 0 Å². The number of carbonyl (C=O) groups is 3. The summed E-state index contributed by atoms with van der Waals surface area (Å²) in [5.41, 5.74) is 2.28. The van der Waals surface area contributed by atoms with Crippen LogP contribution in [-0.2, 0) is 9.59 Å². The molecule has 10 heteroatoms. The maximum Gasteiger partial charge on any atom is 0.272 e. The second-order valence-electron chi connectivity index (χ2n) is 8.82. The van der Waals surface area contributed by atoms with E-state index in [9.17, 15) is 14.4 Å². The van der Waals surface area contributed by atoms with Gasteiger partial charge in [0, 0.05) is 26.7 Å². The summed E-state index contributed by atoms with van der Waals surface area (Å²) in [4.78, 5) is 39.6. The zero-order valence-corrected chi connectivity index (χ0v) is 25.3. The van der Waals surface area contributed by atoms with Crippen molar-refractivity contribution in [2.45, 2.75) is 4.90 Å². The van der Waals surface area contributed by atoms with E-state index < -0.39 is 11.8 Å². The van der Waals surface area contributed by atoms with Crippen LogP contribution < -0.4 is 25.4 Å². The van der Waals surface area contributed by atoms with Crippen LogP contribution in [0.4, 0.5) is 11.4 Å². The van der Waals surface area contributed by atoms with Gasteiger partial charge in [0.2, 0.25) is 5.91 Å². The Bertz CT molecular complexity index is 1610. The van der Waals surface area contributed by atoms with Crippen LogP contribution in [0.15, 0.2) is 112 Å². The van der Waals surface area contributed by atoms with E-state index in [1.54, 1.807) is 73.8 Å². The lowest BCUT2D eigenvalue weighted by atomic mass is 10.1. The lowest BCUT2D eigenvalue weighted by molar-refractivity contribution is -0.114. The predicted octanol–water partition coefficient (Wildman–Crippen LogP) is 6.61. The van der Waals surface area contributed by atoms with Crippen LogP contribution in [0.2, 0.25) is 0 Å². The number of halogens is 1. The number of hydrogen-bond donors (Lipinski definition) is 3. The summed E-state index contributed by atoms with van der Waals surface area (Å²) < 4.78 is 11.4. The summed E-state index contributed by atoms with van der Waals surface area (Å²) in [7, 11) is 3.08. The maximum atomic E-state index is 13.4. The highest BCUT2D eigenvalue weighted by Gasteiger charge is 2.16. The van der Waals surface area contributed by atoms with Crippen LogP contribution in [0, 0.1) is 0 Å². The summed E-state index contributed by atoms with van der Waals surface area (Å²) in [6.07, 6.45) is 1.61. The number of thioether (sulfide) groups is 1. The average Bonchev–Trinajstić information content (AvgIpc) is 3.00. The minimum Gasteiger partial charge on any atom is -0.497 e. The molecular formula is C32H28BrN3O5S. The molecule has 0 unspecified atom stereocenters. The lowest BCUT2D eigenvalue weighted by Gasteiger charge is -2.13. The Labute approximate surface area is 256 Å². The van der Waals surface area contributed by atoms with Crippen molar-refractivity contribution in [3.63, 3.8) is 0 Å². The number of carbonyl (C=O) groups excluding carboxylic acids is 3. The average molecular weight is 647 g/mol. The molecule has 3 N–H and O–H groups in total. The molecule has 8 nitrogen and oxygen atoms in total. The largest absolute Gasteiger partial charge is 0.497 e. The smallest absolute Gasteiger partial charge is 0.272 e. The first-order chi connectivity index (χ1) is 20.3. The fraction of sp³-hybridized carbons (Fsp3) is 0.0938. The molecular weight excluding hydrogens is 618 g/mol. The van der Waals surface area contributed by atoms with Gasteiger partial charge in [0.1, 0.15) is 17.2 Å². The molecule has 0 aromatic heterocycles. The van der Waals surface area contributed by atoms with E-state index in [-0.39, 0.29) is 17.4 Å². The van der Waals surface area contributed by atoms with Crippen molar-refractivity contribution in [3.05, 3.63) is 118 Å². The summed E-state index contributed by atoms with van der Waals surface area (Å²) in [5.74, 6) is 0.117. The van der Waals surface area contributed by atoms with Crippen molar-refractivity contribution in [1.29, 1.82) is 0 Å². The molecule has 4 rings (SSSR count). The number of benzene rings is 4. The van der Waals surface area contributed by atoms with Gasteiger partial charge in [-0.3, -0.25) is 14.4 Å². The Hall–Kier alpha value is -4.54. The third kappa shape index (κ3) is 8.73. The van der Waals surface area contributed by atoms with Gasteiger partial charge in [0.05, 0.1) is 25.7 Å². The van der Waals surface area contributed by atoms with Crippen molar-refractivity contribution >= 4 is 62.9 Å². The lowest BCUT2D eigenvalue weighted by Crippen LogP contribution is -2.30. The van der Waals surface area contributed by atoms with Crippen molar-refractivity contribution in [3.8, 4) is 11.5 Å². The van der Waals surface area contributed by atoms with E-state index in [4.69, 9.17) is 9.47 Å². The molecule has 0 bridgehead atoms. The van der Waals surface area contributed by atoms with E-state index in [1.165, 1.54) is 18.9 Å². The highest BCUT2D eigenvalue weighted by molar-refractivity contribution is 9.10. The maximum absolute atomic E-state index is 13.4. The molecule has 0 aliphatic heterocycles. The van der Waals surface area contributed by atoms with E-state index in [0.717, 1.165) is 14.9 Å². The number of nitrogens with one attached hydrogen (secondary N) is 3. The van der Waals surface area contributed by atoms with Crippen LogP contribution in [0.1, 0.15) is 15.9 Å². The van der Waals surface area contributed by atoms with Crippen LogP contribution in [0.5, 0.6) is 11.5 Å². The molecule has 3 amide bonds. The predicted molar refractivity (Wildman–Crippen MR) is 170 cm³/mol. The third-order valence-corrected chi connectivity index (χ3v) is 7.32. The Morgan fingerprint density at radius 3 is 2.36 bits per heavy atom. The van der Waals surface area contributed by atoms with E-state index in [1.807, 2.05) is 36.4 Å². The third-order valence-electron chi connectivity index (χ3n) is 5.83. The summed E-state index contributed by atoms with van der Waals surface area (Å²) in [6, 6.07) is 28.3. The first kappa shape index (κ1) is 30.4. The zero-order valence-electron chi connectivity index (χ0n) is 22.8. The quantitative estimate of drug-likeness (QED) is 0.125. The zero-order chi connectivity index (χ0) is 29.9. The van der Waals surface area contributed by atoms with Crippen LogP contribution in [0.25, 0.3) is 6.08 Å². The Kier molecular flexibility index (Phi) is 10.8. The van der Waals surface area contributed by atoms with Gasteiger partial charge < -0.3 is 25.4 Å². The summed E-state index contributed by atoms with van der Waals surface area (Å²) >= 11 is 4.75. The Morgan fingerprint density at radius 2 is 1.62 bits per heavy atom. The molecule has 0 spiro atoms. The van der Waals surface area contributed by atoms with Crippen LogP contribution in [0.3, 0.4) is 0 Å². The molecule has 42 heavy (non-hydrogen) atoms. The van der Waals surface area contributed by atoms with Gasteiger partial charge in [-0.25, -0.2) is 0 Å². The second-order valence-corrected chi connectivity index (χ2v) is 10.8. The molecule has 0 saturated carbocycles. The van der Waals surface area contributed by atoms with Gasteiger partial charge in [0.15, 0.2) is 0 Å². The molecule has 4 aromatic rings. The minimum absolute atomic E-state index is 0.0767. The molecule has 0 saturated heterocycles. The number of rotatable bonds is 11. The van der Waals surface area contributed by atoms with Gasteiger partial charge in [-0.1, -0.05) is 52.3 Å². The van der Waals surface area contributed by atoms with Gasteiger partial charge in [-0.15, -0.1) is 11.8 Å². The standard InChI is InChI=1S/C32H28BrN3O5S/c1-40-25-14-15-27(29(19-25)41-2)35-30(37)20-42-26-13-7-12-24(18-26)34-32(39)28(17-21-8-6-11-23(33)16-21)36-31(38)22-9-4-3-5-10-22/h3-19H,20H2,1-2H3,(H,34,39)(H,35,37)(H,36,38)/b28-17+. The van der Waals surface area contributed by atoms with Crippen LogP contribution >= 0.6 is 27.7 Å². The number of ether oxygens (including phenoxy) is 2. The molecule has 0 aliphatic rings. The first-order valence-corrected chi connectivity index (χ1v) is 14.5. The molecule has 0 atom stereocenters. The van der Waals surface area contributed by atoms with Crippen molar-refractivity contribution in [1.82, 2.24) is 5.32 Å². The fourth-order valence-electron chi connectivity index (χ4n) is 3.80. The molecule has 0 aliphatic carbocycles. The SMILES string of the molecule is COc1ccc(NC(=O)CSc2cccc(NC(=O)/C(=C\c3cccc(Br)c3)NC(=O)c3ccccc3)c2)c(OC)c1. The first-order valence-electron chi connectivity index (χ1n) is 12.7. The normalized spacial score (nSPS) is 10.9. The molecule has 4 aromatic carbocycles. The number of methoxy groups -OCH3 is 2. The highest BCUT2D eigenvalue weighted by Crippen LogP contribution is 2.29. The summed E-state index contributed by atoms with van der Waals surface area (Å²) in [6.45, 7) is 0. The van der Waals surface area contributed by atoms with E-state index in [0.29, 0.717) is 28.4 Å². The van der Waals surface area contributed by atoms with Crippen molar-refractivity contribution < 1.29 is 23.9 Å².